The zero-order valence-corrected chi connectivity index (χ0v) is 17.6. The molecule has 3 rings (SSSR count). The van der Waals surface area contributed by atoms with Crippen molar-refractivity contribution in [3.05, 3.63) is 59.7 Å². The lowest BCUT2D eigenvalue weighted by Gasteiger charge is -2.21. The first-order valence-corrected chi connectivity index (χ1v) is 12.5. The summed E-state index contributed by atoms with van der Waals surface area (Å²) in [5.41, 5.74) is 1.88. The van der Waals surface area contributed by atoms with E-state index in [4.69, 9.17) is 4.74 Å². The lowest BCUT2D eigenvalue weighted by molar-refractivity contribution is 0.406. The average molecular weight is 424 g/mol. The van der Waals surface area contributed by atoms with Crippen molar-refractivity contribution in [1.29, 1.82) is 0 Å². The van der Waals surface area contributed by atoms with Gasteiger partial charge in [0.1, 0.15) is 5.75 Å². The second kappa shape index (κ2) is 8.23. The Hall–Kier alpha value is -1.90. The number of hydrogen-bond donors (Lipinski definition) is 1. The summed E-state index contributed by atoms with van der Waals surface area (Å²) >= 11 is 0. The predicted octanol–water partition coefficient (Wildman–Crippen LogP) is 1.99. The summed E-state index contributed by atoms with van der Waals surface area (Å²) in [6.07, 6.45) is 0.807. The Kier molecular flexibility index (Phi) is 6.12. The van der Waals surface area contributed by atoms with Crippen LogP contribution in [0.1, 0.15) is 18.1 Å². The van der Waals surface area contributed by atoms with E-state index < -0.39 is 31.0 Å². The Morgan fingerprint density at radius 2 is 1.75 bits per heavy atom. The van der Waals surface area contributed by atoms with Gasteiger partial charge in [0.2, 0.25) is 0 Å². The summed E-state index contributed by atoms with van der Waals surface area (Å²) in [4.78, 5) is 0.163. The number of rotatable bonds is 7. The molecular weight excluding hydrogens is 398 g/mol. The molecule has 0 amide bonds. The second-order valence-corrected chi connectivity index (χ2v) is 11.3. The van der Waals surface area contributed by atoms with Gasteiger partial charge in [0, 0.05) is 18.2 Å². The molecule has 2 atom stereocenters. The number of nitrogens with one attached hydrogen (secondary N) is 1. The first kappa shape index (κ1) is 20.8. The van der Waals surface area contributed by atoms with Crippen molar-refractivity contribution in [1.82, 2.24) is 5.32 Å². The molecule has 0 aromatic heterocycles. The number of para-hydroxylation sites is 1. The van der Waals surface area contributed by atoms with Crippen molar-refractivity contribution in [2.75, 3.05) is 18.6 Å². The molecule has 1 heterocycles. The number of methoxy groups -OCH3 is 1. The fourth-order valence-electron chi connectivity index (χ4n) is 3.49. The van der Waals surface area contributed by atoms with E-state index in [0.717, 1.165) is 17.5 Å². The Morgan fingerprint density at radius 1 is 1.07 bits per heavy atom. The van der Waals surface area contributed by atoms with E-state index in [9.17, 15) is 16.8 Å². The third-order valence-electron chi connectivity index (χ3n) is 5.11. The number of ether oxygens (including phenoxy) is 1. The first-order valence-electron chi connectivity index (χ1n) is 9.15. The molecule has 2 aromatic rings. The smallest absolute Gasteiger partial charge is 0.183 e. The molecule has 152 valence electrons. The third kappa shape index (κ3) is 4.39. The molecule has 8 heteroatoms. The highest BCUT2D eigenvalue weighted by molar-refractivity contribution is 7.96. The number of aryl methyl sites for hydroxylation is 1. The SMILES string of the molecule is CCc1ccc(S(=O)(=O)[C@H]2CS(=O)(=O)C[C@H]2NCc2ccccc2OC)cc1. The highest BCUT2D eigenvalue weighted by Crippen LogP contribution is 2.27. The molecule has 0 spiro atoms. The van der Waals surface area contributed by atoms with Crippen molar-refractivity contribution in [3.63, 3.8) is 0 Å². The third-order valence-corrected chi connectivity index (χ3v) is 9.27. The van der Waals surface area contributed by atoms with Gasteiger partial charge in [-0.1, -0.05) is 37.3 Å². The maximum absolute atomic E-state index is 13.1. The summed E-state index contributed by atoms with van der Waals surface area (Å²) in [5, 5.41) is 2.12. The summed E-state index contributed by atoms with van der Waals surface area (Å²) in [6, 6.07) is 13.4. The summed E-state index contributed by atoms with van der Waals surface area (Å²) < 4.78 is 56.1. The first-order chi connectivity index (χ1) is 13.3. The van der Waals surface area contributed by atoms with Crippen LogP contribution >= 0.6 is 0 Å². The Balaban J connectivity index is 1.85. The molecule has 0 radical (unpaired) electrons. The standard InChI is InChI=1S/C20H25NO5S2/c1-3-15-8-10-17(11-9-15)28(24,25)20-14-27(22,23)13-18(20)21-12-16-6-4-5-7-19(16)26-2/h4-11,18,20-21H,3,12-14H2,1-2H3/t18-,20+/m1/s1. The lowest BCUT2D eigenvalue weighted by atomic mass is 10.1. The van der Waals surface area contributed by atoms with Crippen LogP contribution in [-0.2, 0) is 32.6 Å². The van der Waals surface area contributed by atoms with Gasteiger partial charge in [0.15, 0.2) is 19.7 Å². The van der Waals surface area contributed by atoms with Crippen LogP contribution in [0.3, 0.4) is 0 Å². The van der Waals surface area contributed by atoms with E-state index in [1.54, 1.807) is 31.4 Å². The molecule has 1 N–H and O–H groups in total. The van der Waals surface area contributed by atoms with Gasteiger partial charge in [0.05, 0.1) is 28.8 Å². The number of hydrogen-bond acceptors (Lipinski definition) is 6. The largest absolute Gasteiger partial charge is 0.496 e. The highest BCUT2D eigenvalue weighted by atomic mass is 32.2. The quantitative estimate of drug-likeness (QED) is 0.733. The lowest BCUT2D eigenvalue weighted by Crippen LogP contribution is -2.43. The van der Waals surface area contributed by atoms with Gasteiger partial charge in [-0.3, -0.25) is 0 Å². The molecule has 1 saturated heterocycles. The molecule has 0 unspecified atom stereocenters. The van der Waals surface area contributed by atoms with Gasteiger partial charge >= 0.3 is 0 Å². The summed E-state index contributed by atoms with van der Waals surface area (Å²) in [6.45, 7) is 2.32. The molecule has 1 aliphatic heterocycles. The highest BCUT2D eigenvalue weighted by Gasteiger charge is 2.45. The normalized spacial score (nSPS) is 21.5. The molecule has 0 bridgehead atoms. The van der Waals surface area contributed by atoms with E-state index >= 15 is 0 Å². The molecule has 2 aromatic carbocycles. The molecule has 1 fully saturated rings. The van der Waals surface area contributed by atoms with Crippen molar-refractivity contribution in [2.24, 2.45) is 0 Å². The van der Waals surface area contributed by atoms with Crippen LogP contribution in [0.25, 0.3) is 0 Å². The predicted molar refractivity (Wildman–Crippen MR) is 109 cm³/mol. The maximum atomic E-state index is 13.1. The Bertz CT molecular complexity index is 1030. The van der Waals surface area contributed by atoms with Gasteiger partial charge in [-0.05, 0) is 30.2 Å². The summed E-state index contributed by atoms with van der Waals surface area (Å²) in [5.74, 6) is 0.110. The van der Waals surface area contributed by atoms with E-state index in [1.165, 1.54) is 0 Å². The van der Waals surface area contributed by atoms with Gasteiger partial charge in [-0.15, -0.1) is 0 Å². The Labute approximate surface area is 166 Å². The van der Waals surface area contributed by atoms with Crippen LogP contribution in [0.15, 0.2) is 53.4 Å². The maximum Gasteiger partial charge on any atom is 0.183 e. The van der Waals surface area contributed by atoms with Gasteiger partial charge in [-0.2, -0.15) is 0 Å². The van der Waals surface area contributed by atoms with Crippen LogP contribution in [0, 0.1) is 0 Å². The number of sulfone groups is 2. The van der Waals surface area contributed by atoms with Crippen LogP contribution in [0.5, 0.6) is 5.75 Å². The van der Waals surface area contributed by atoms with E-state index in [-0.39, 0.29) is 16.4 Å². The van der Waals surface area contributed by atoms with Crippen molar-refractivity contribution < 1.29 is 21.6 Å². The van der Waals surface area contributed by atoms with Gasteiger partial charge in [-0.25, -0.2) is 16.8 Å². The molecular formula is C20H25NO5S2. The zero-order chi connectivity index (χ0) is 20.4. The Morgan fingerprint density at radius 3 is 2.39 bits per heavy atom. The topological polar surface area (TPSA) is 89.5 Å². The monoisotopic (exact) mass is 423 g/mol. The molecule has 1 aliphatic rings. The second-order valence-electron chi connectivity index (χ2n) is 6.96. The fourth-order valence-corrected chi connectivity index (χ4v) is 8.21. The van der Waals surface area contributed by atoms with Crippen LogP contribution in [0.2, 0.25) is 0 Å². The molecule has 0 aliphatic carbocycles. The van der Waals surface area contributed by atoms with E-state index in [2.05, 4.69) is 5.32 Å². The summed E-state index contributed by atoms with van der Waals surface area (Å²) in [7, 11) is -5.66. The molecule has 0 saturated carbocycles. The van der Waals surface area contributed by atoms with Crippen molar-refractivity contribution >= 4 is 19.7 Å². The minimum absolute atomic E-state index is 0.163. The minimum Gasteiger partial charge on any atom is -0.496 e. The minimum atomic E-state index is -3.78. The van der Waals surface area contributed by atoms with Crippen molar-refractivity contribution in [2.45, 2.75) is 36.1 Å². The fraction of sp³-hybridized carbons (Fsp3) is 0.400. The van der Waals surface area contributed by atoms with Crippen LogP contribution < -0.4 is 10.1 Å². The molecule has 6 nitrogen and oxygen atoms in total. The van der Waals surface area contributed by atoms with Crippen molar-refractivity contribution in [3.8, 4) is 5.75 Å². The van der Waals surface area contributed by atoms with Gasteiger partial charge < -0.3 is 10.1 Å². The van der Waals surface area contributed by atoms with Crippen LogP contribution in [-0.4, -0.2) is 46.7 Å². The molecule has 28 heavy (non-hydrogen) atoms. The van der Waals surface area contributed by atoms with E-state index in [1.807, 2.05) is 31.2 Å². The van der Waals surface area contributed by atoms with E-state index in [0.29, 0.717) is 12.3 Å². The van der Waals surface area contributed by atoms with Crippen LogP contribution in [0.4, 0.5) is 0 Å². The zero-order valence-electron chi connectivity index (χ0n) is 16.0. The van der Waals surface area contributed by atoms with Gasteiger partial charge in [0.25, 0.3) is 0 Å². The average Bonchev–Trinajstić information content (AvgIpc) is 3.02. The number of benzene rings is 2.